The fraction of sp³-hybridized carbons (Fsp3) is 0.467. The summed E-state index contributed by atoms with van der Waals surface area (Å²) in [4.78, 5) is 2.44. The minimum Gasteiger partial charge on any atom is -0.486 e. The van der Waals surface area contributed by atoms with Gasteiger partial charge in [0.05, 0.1) is 6.04 Å². The van der Waals surface area contributed by atoms with E-state index in [1.165, 1.54) is 5.56 Å². The van der Waals surface area contributed by atoms with Gasteiger partial charge in [0.15, 0.2) is 11.5 Å². The molecule has 1 fully saturated rings. The summed E-state index contributed by atoms with van der Waals surface area (Å²) in [6.45, 7) is 9.42. The molecule has 1 aromatic rings. The minimum atomic E-state index is 0.248. The van der Waals surface area contributed by atoms with E-state index in [-0.39, 0.29) is 6.04 Å². The van der Waals surface area contributed by atoms with Gasteiger partial charge >= 0.3 is 0 Å². The number of nitrogens with zero attached hydrogens (tertiary/aromatic N) is 1. The van der Waals surface area contributed by atoms with Gasteiger partial charge in [0.1, 0.15) is 13.2 Å². The molecular formula is C15H20N2O2. The molecule has 0 bridgehead atoms. The van der Waals surface area contributed by atoms with Crippen LogP contribution in [-0.4, -0.2) is 44.3 Å². The molecule has 0 unspecified atom stereocenters. The van der Waals surface area contributed by atoms with Crippen LogP contribution in [0, 0.1) is 0 Å². The summed E-state index contributed by atoms with van der Waals surface area (Å²) in [5, 5.41) is 3.37. The molecule has 0 spiro atoms. The zero-order chi connectivity index (χ0) is 13.1. The van der Waals surface area contributed by atoms with Gasteiger partial charge in [-0.15, -0.1) is 6.58 Å². The molecule has 102 valence electrons. The van der Waals surface area contributed by atoms with E-state index in [2.05, 4.69) is 28.9 Å². The Labute approximate surface area is 114 Å². The first-order chi connectivity index (χ1) is 9.38. The Bertz CT molecular complexity index is 455. The molecule has 1 aromatic carbocycles. The van der Waals surface area contributed by atoms with Gasteiger partial charge in [0, 0.05) is 26.2 Å². The van der Waals surface area contributed by atoms with Gasteiger partial charge in [-0.25, -0.2) is 0 Å². The number of nitrogens with one attached hydrogen (secondary N) is 1. The van der Waals surface area contributed by atoms with Gasteiger partial charge in [-0.3, -0.25) is 4.90 Å². The van der Waals surface area contributed by atoms with Crippen molar-refractivity contribution < 1.29 is 9.47 Å². The van der Waals surface area contributed by atoms with Crippen molar-refractivity contribution in [1.29, 1.82) is 0 Å². The van der Waals surface area contributed by atoms with Gasteiger partial charge in [-0.1, -0.05) is 12.1 Å². The average Bonchev–Trinajstić information content (AvgIpc) is 2.49. The lowest BCUT2D eigenvalue weighted by Gasteiger charge is -2.33. The van der Waals surface area contributed by atoms with Crippen LogP contribution in [0.3, 0.4) is 0 Å². The number of fused-ring (bicyclic) bond motifs is 1. The van der Waals surface area contributed by atoms with Crippen LogP contribution in [0.4, 0.5) is 0 Å². The van der Waals surface area contributed by atoms with Crippen LogP contribution in [0.1, 0.15) is 11.6 Å². The van der Waals surface area contributed by atoms with Crippen molar-refractivity contribution in [2.45, 2.75) is 6.04 Å². The van der Waals surface area contributed by atoms with Crippen molar-refractivity contribution in [2.75, 3.05) is 39.4 Å². The molecule has 2 heterocycles. The number of benzene rings is 1. The maximum Gasteiger partial charge on any atom is 0.161 e. The molecule has 2 aliphatic rings. The molecular weight excluding hydrogens is 240 g/mol. The highest BCUT2D eigenvalue weighted by molar-refractivity contribution is 5.45. The second kappa shape index (κ2) is 5.63. The first kappa shape index (κ1) is 12.5. The van der Waals surface area contributed by atoms with E-state index < -0.39 is 0 Å². The van der Waals surface area contributed by atoms with Gasteiger partial charge in [-0.2, -0.15) is 0 Å². The highest BCUT2D eigenvalue weighted by Crippen LogP contribution is 2.34. The predicted octanol–water partition coefficient (Wildman–Crippen LogP) is 1.59. The second-order valence-electron chi connectivity index (χ2n) is 4.87. The van der Waals surface area contributed by atoms with Gasteiger partial charge in [0.2, 0.25) is 0 Å². The van der Waals surface area contributed by atoms with Crippen LogP contribution in [0.25, 0.3) is 0 Å². The third-order valence-corrected chi connectivity index (χ3v) is 3.68. The van der Waals surface area contributed by atoms with E-state index in [0.29, 0.717) is 13.2 Å². The van der Waals surface area contributed by atoms with E-state index in [1.807, 2.05) is 12.1 Å². The van der Waals surface area contributed by atoms with E-state index in [4.69, 9.17) is 9.47 Å². The molecule has 2 aliphatic heterocycles. The molecule has 0 radical (unpaired) electrons. The number of rotatable bonds is 3. The molecule has 0 saturated carbocycles. The number of piperazine rings is 1. The molecule has 0 aromatic heterocycles. The maximum atomic E-state index is 5.66. The van der Waals surface area contributed by atoms with Crippen molar-refractivity contribution in [3.63, 3.8) is 0 Å². The van der Waals surface area contributed by atoms with Gasteiger partial charge < -0.3 is 14.8 Å². The van der Waals surface area contributed by atoms with Crippen molar-refractivity contribution in [3.05, 3.63) is 36.4 Å². The largest absolute Gasteiger partial charge is 0.486 e. The minimum absolute atomic E-state index is 0.248. The lowest BCUT2D eigenvalue weighted by Crippen LogP contribution is -2.44. The summed E-state index contributed by atoms with van der Waals surface area (Å²) in [6, 6.07) is 6.45. The first-order valence-corrected chi connectivity index (χ1v) is 6.85. The third-order valence-electron chi connectivity index (χ3n) is 3.68. The highest BCUT2D eigenvalue weighted by atomic mass is 16.6. The molecule has 0 amide bonds. The van der Waals surface area contributed by atoms with Crippen LogP contribution in [0.15, 0.2) is 30.9 Å². The first-order valence-electron chi connectivity index (χ1n) is 6.85. The standard InChI is InChI=1S/C15H20N2O2/c1-2-13(17-7-5-16-6-8-17)12-3-4-14-15(11-12)19-10-9-18-14/h2-4,11,13,16H,1,5-10H2/t13-/m1/s1. The van der Waals surface area contributed by atoms with E-state index in [9.17, 15) is 0 Å². The quantitative estimate of drug-likeness (QED) is 0.837. The Hall–Kier alpha value is -1.52. The maximum absolute atomic E-state index is 5.66. The molecule has 1 N–H and O–H groups in total. The summed E-state index contributed by atoms with van der Waals surface area (Å²) in [6.07, 6.45) is 2.01. The zero-order valence-corrected chi connectivity index (χ0v) is 11.1. The molecule has 1 atom stereocenters. The summed E-state index contributed by atoms with van der Waals surface area (Å²) in [5.74, 6) is 1.70. The lowest BCUT2D eigenvalue weighted by molar-refractivity contribution is 0.170. The SMILES string of the molecule is C=C[C@H](c1ccc2c(c1)OCCO2)N1CCNCC1. The monoisotopic (exact) mass is 260 g/mol. The van der Waals surface area contributed by atoms with Crippen molar-refractivity contribution in [1.82, 2.24) is 10.2 Å². The number of hydrogen-bond donors (Lipinski definition) is 1. The molecule has 0 aliphatic carbocycles. The zero-order valence-electron chi connectivity index (χ0n) is 11.1. The van der Waals surface area contributed by atoms with Crippen LogP contribution in [-0.2, 0) is 0 Å². The Morgan fingerprint density at radius 2 is 1.89 bits per heavy atom. The normalized spacial score (nSPS) is 20.8. The number of hydrogen-bond acceptors (Lipinski definition) is 4. The molecule has 1 saturated heterocycles. The second-order valence-corrected chi connectivity index (χ2v) is 4.87. The predicted molar refractivity (Wildman–Crippen MR) is 74.8 cm³/mol. The molecule has 3 rings (SSSR count). The van der Waals surface area contributed by atoms with Crippen molar-refractivity contribution in [3.8, 4) is 11.5 Å². The Morgan fingerprint density at radius 3 is 2.63 bits per heavy atom. The van der Waals surface area contributed by atoms with Gasteiger partial charge in [0.25, 0.3) is 0 Å². The fourth-order valence-electron chi connectivity index (χ4n) is 2.70. The molecule has 19 heavy (non-hydrogen) atoms. The van der Waals surface area contributed by atoms with Crippen LogP contribution < -0.4 is 14.8 Å². The van der Waals surface area contributed by atoms with Crippen LogP contribution in [0.2, 0.25) is 0 Å². The molecule has 4 heteroatoms. The Kier molecular flexibility index (Phi) is 3.71. The third kappa shape index (κ3) is 2.60. The average molecular weight is 260 g/mol. The lowest BCUT2D eigenvalue weighted by atomic mass is 10.0. The van der Waals surface area contributed by atoms with E-state index >= 15 is 0 Å². The summed E-state index contributed by atoms with van der Waals surface area (Å²) in [7, 11) is 0. The van der Waals surface area contributed by atoms with Crippen LogP contribution >= 0.6 is 0 Å². The van der Waals surface area contributed by atoms with Gasteiger partial charge in [-0.05, 0) is 17.7 Å². The topological polar surface area (TPSA) is 33.7 Å². The fourth-order valence-corrected chi connectivity index (χ4v) is 2.70. The number of ether oxygens (including phenoxy) is 2. The summed E-state index contributed by atoms with van der Waals surface area (Å²) in [5.41, 5.74) is 1.22. The van der Waals surface area contributed by atoms with Crippen molar-refractivity contribution in [2.24, 2.45) is 0 Å². The highest BCUT2D eigenvalue weighted by Gasteiger charge is 2.21. The van der Waals surface area contributed by atoms with Crippen molar-refractivity contribution >= 4 is 0 Å². The molecule has 4 nitrogen and oxygen atoms in total. The smallest absolute Gasteiger partial charge is 0.161 e. The Morgan fingerprint density at radius 1 is 1.16 bits per heavy atom. The Balaban J connectivity index is 1.84. The summed E-state index contributed by atoms with van der Waals surface area (Å²) < 4.78 is 11.2. The van der Waals surface area contributed by atoms with E-state index in [0.717, 1.165) is 37.7 Å². The summed E-state index contributed by atoms with van der Waals surface area (Å²) >= 11 is 0. The van der Waals surface area contributed by atoms with Crippen LogP contribution in [0.5, 0.6) is 11.5 Å². The van der Waals surface area contributed by atoms with E-state index in [1.54, 1.807) is 0 Å².